The molecule has 0 aliphatic rings. The molecule has 1 unspecified atom stereocenters. The van der Waals surface area contributed by atoms with E-state index in [2.05, 4.69) is 106 Å². The summed E-state index contributed by atoms with van der Waals surface area (Å²) in [4.78, 5) is 37.9. The molecule has 63 heavy (non-hydrogen) atoms. The van der Waals surface area contributed by atoms with Gasteiger partial charge in [-0.15, -0.1) is 0 Å². The van der Waals surface area contributed by atoms with Crippen molar-refractivity contribution in [3.63, 3.8) is 0 Å². The zero-order chi connectivity index (χ0) is 45.8. The number of hydrogen-bond donors (Lipinski definition) is 0. The van der Waals surface area contributed by atoms with Crippen molar-refractivity contribution < 1.29 is 28.6 Å². The minimum Gasteiger partial charge on any atom is -0.462 e. The highest BCUT2D eigenvalue weighted by atomic mass is 16.6. The van der Waals surface area contributed by atoms with Gasteiger partial charge in [0.25, 0.3) is 0 Å². The van der Waals surface area contributed by atoms with Crippen LogP contribution in [0.4, 0.5) is 0 Å². The first-order valence-electron chi connectivity index (χ1n) is 25.1. The summed E-state index contributed by atoms with van der Waals surface area (Å²) in [6.07, 6.45) is 68.9. The van der Waals surface area contributed by atoms with Gasteiger partial charge in [0.2, 0.25) is 0 Å². The molecule has 0 N–H and O–H groups in total. The molecule has 0 aromatic rings. The van der Waals surface area contributed by atoms with Crippen LogP contribution in [0.3, 0.4) is 0 Å². The van der Waals surface area contributed by atoms with Gasteiger partial charge in [0.05, 0.1) is 0 Å². The first kappa shape index (κ1) is 58.8. The normalized spacial score (nSPS) is 13.1. The highest BCUT2D eigenvalue weighted by Crippen LogP contribution is 2.13. The van der Waals surface area contributed by atoms with E-state index in [4.69, 9.17) is 14.2 Å². The van der Waals surface area contributed by atoms with Crippen molar-refractivity contribution in [2.45, 2.75) is 207 Å². The first-order valence-corrected chi connectivity index (χ1v) is 25.1. The molecule has 6 heteroatoms. The van der Waals surface area contributed by atoms with Crippen molar-refractivity contribution >= 4 is 17.9 Å². The van der Waals surface area contributed by atoms with E-state index in [0.717, 1.165) is 122 Å². The van der Waals surface area contributed by atoms with Gasteiger partial charge in [-0.1, -0.05) is 206 Å². The molecule has 0 saturated carbocycles. The largest absolute Gasteiger partial charge is 0.462 e. The third kappa shape index (κ3) is 48.7. The molecule has 0 radical (unpaired) electrons. The van der Waals surface area contributed by atoms with Crippen LogP contribution in [0.25, 0.3) is 0 Å². The van der Waals surface area contributed by atoms with Crippen LogP contribution in [0.15, 0.2) is 122 Å². The van der Waals surface area contributed by atoms with Crippen molar-refractivity contribution in [2.75, 3.05) is 13.2 Å². The fourth-order valence-corrected chi connectivity index (χ4v) is 6.30. The van der Waals surface area contributed by atoms with Crippen LogP contribution in [-0.2, 0) is 28.6 Å². The molecule has 0 aliphatic carbocycles. The van der Waals surface area contributed by atoms with E-state index in [1.165, 1.54) is 38.5 Å². The highest BCUT2D eigenvalue weighted by Gasteiger charge is 2.19. The summed E-state index contributed by atoms with van der Waals surface area (Å²) >= 11 is 0. The second kappa shape index (κ2) is 50.5. The van der Waals surface area contributed by atoms with E-state index in [0.29, 0.717) is 19.3 Å². The predicted molar refractivity (Wildman–Crippen MR) is 269 cm³/mol. The van der Waals surface area contributed by atoms with E-state index in [-0.39, 0.29) is 31.1 Å². The number of hydrogen-bond acceptors (Lipinski definition) is 6. The van der Waals surface area contributed by atoms with E-state index < -0.39 is 6.10 Å². The maximum Gasteiger partial charge on any atom is 0.306 e. The molecular weight excluding hydrogens is 781 g/mol. The molecule has 0 heterocycles. The standard InChI is InChI=1S/C57H90O6/c1-4-7-10-13-16-19-22-25-27-28-29-31-32-35-38-41-44-47-50-56(59)62-53-54(52-61-55(58)49-46-43-40-37-34-24-21-18-15-12-9-6-3)63-57(60)51-48-45-42-39-36-33-30-26-23-20-17-14-11-8-5-2/h9-10,12-13,16-23,25-29,31,34,37,54H,4-8,11,14-15,24,30,32-33,35-36,38-53H2,1-3H3/b12-9-,13-10-,19-16-,20-17-,21-18-,25-22-,26-23-,28-27-,31-29-,37-34-. The Kier molecular flexibility index (Phi) is 47.1. The molecule has 0 saturated heterocycles. The number of esters is 3. The Balaban J connectivity index is 4.52. The first-order chi connectivity index (χ1) is 31.0. The van der Waals surface area contributed by atoms with Gasteiger partial charge in [-0.05, 0) is 96.3 Å². The van der Waals surface area contributed by atoms with E-state index in [1.807, 2.05) is 36.5 Å². The van der Waals surface area contributed by atoms with E-state index in [1.54, 1.807) is 0 Å². The summed E-state index contributed by atoms with van der Waals surface area (Å²) in [6, 6.07) is 0. The Morgan fingerprint density at radius 1 is 0.349 bits per heavy atom. The van der Waals surface area contributed by atoms with Crippen molar-refractivity contribution in [1.29, 1.82) is 0 Å². The Morgan fingerprint density at radius 3 is 1.22 bits per heavy atom. The minimum absolute atomic E-state index is 0.112. The molecule has 1 atom stereocenters. The molecular formula is C57H90O6. The molecule has 0 aliphatic heterocycles. The summed E-state index contributed by atoms with van der Waals surface area (Å²) in [7, 11) is 0. The van der Waals surface area contributed by atoms with Gasteiger partial charge < -0.3 is 14.2 Å². The number of carbonyl (C=O) groups excluding carboxylic acids is 3. The van der Waals surface area contributed by atoms with Gasteiger partial charge in [-0.3, -0.25) is 14.4 Å². The monoisotopic (exact) mass is 871 g/mol. The van der Waals surface area contributed by atoms with Crippen LogP contribution in [0.2, 0.25) is 0 Å². The molecule has 0 spiro atoms. The average Bonchev–Trinajstić information content (AvgIpc) is 3.28. The summed E-state index contributed by atoms with van der Waals surface area (Å²) < 4.78 is 16.7. The topological polar surface area (TPSA) is 78.9 Å². The van der Waals surface area contributed by atoms with Crippen LogP contribution in [0, 0.1) is 0 Å². The molecule has 0 rings (SSSR count). The Bertz CT molecular complexity index is 1370. The van der Waals surface area contributed by atoms with E-state index >= 15 is 0 Å². The maximum absolute atomic E-state index is 12.8. The molecule has 0 aromatic heterocycles. The number of unbranched alkanes of at least 4 members (excludes halogenated alkanes) is 17. The summed E-state index contributed by atoms with van der Waals surface area (Å²) in [6.45, 7) is 6.31. The van der Waals surface area contributed by atoms with Gasteiger partial charge in [0, 0.05) is 19.3 Å². The number of carbonyl (C=O) groups is 3. The lowest BCUT2D eigenvalue weighted by Gasteiger charge is -2.18. The number of ether oxygens (including phenoxy) is 3. The molecule has 0 fully saturated rings. The highest BCUT2D eigenvalue weighted by molar-refractivity contribution is 5.71. The van der Waals surface area contributed by atoms with Crippen molar-refractivity contribution in [3.8, 4) is 0 Å². The number of allylic oxidation sites excluding steroid dienone is 20. The van der Waals surface area contributed by atoms with Crippen LogP contribution < -0.4 is 0 Å². The Hall–Kier alpha value is -4.19. The van der Waals surface area contributed by atoms with E-state index in [9.17, 15) is 14.4 Å². The molecule has 0 aromatic carbocycles. The number of rotatable bonds is 43. The lowest BCUT2D eigenvalue weighted by molar-refractivity contribution is -0.167. The molecule has 0 amide bonds. The Morgan fingerprint density at radius 2 is 0.714 bits per heavy atom. The lowest BCUT2D eigenvalue weighted by Crippen LogP contribution is -2.30. The van der Waals surface area contributed by atoms with Crippen LogP contribution >= 0.6 is 0 Å². The van der Waals surface area contributed by atoms with Gasteiger partial charge in [0.1, 0.15) is 13.2 Å². The molecule has 354 valence electrons. The fraction of sp³-hybridized carbons (Fsp3) is 0.596. The molecule has 0 bridgehead atoms. The van der Waals surface area contributed by atoms with Gasteiger partial charge in [-0.25, -0.2) is 0 Å². The fourth-order valence-electron chi connectivity index (χ4n) is 6.30. The maximum atomic E-state index is 12.8. The SMILES string of the molecule is CC/C=C\C/C=C\C/C=C\CCCCC(=O)OCC(COC(=O)CCCCCCC\C=C/C=C\C=C/C=C\C=C/CCC)OC(=O)CCCCCCCC/C=C\C=C/CCCCC. The lowest BCUT2D eigenvalue weighted by atomic mass is 10.1. The van der Waals surface area contributed by atoms with Crippen molar-refractivity contribution in [3.05, 3.63) is 122 Å². The van der Waals surface area contributed by atoms with Crippen molar-refractivity contribution in [1.82, 2.24) is 0 Å². The predicted octanol–water partition coefficient (Wildman–Crippen LogP) is 16.5. The zero-order valence-corrected chi connectivity index (χ0v) is 40.3. The van der Waals surface area contributed by atoms with Crippen LogP contribution in [-0.4, -0.2) is 37.2 Å². The second-order valence-electron chi connectivity index (χ2n) is 16.1. The third-order valence-electron chi connectivity index (χ3n) is 10.1. The minimum atomic E-state index is -0.813. The molecule has 6 nitrogen and oxygen atoms in total. The summed E-state index contributed by atoms with van der Waals surface area (Å²) in [5, 5.41) is 0. The average molecular weight is 871 g/mol. The summed E-state index contributed by atoms with van der Waals surface area (Å²) in [5.41, 5.74) is 0. The quantitative estimate of drug-likeness (QED) is 0.0200. The van der Waals surface area contributed by atoms with Gasteiger partial charge in [0.15, 0.2) is 6.10 Å². The van der Waals surface area contributed by atoms with Gasteiger partial charge in [-0.2, -0.15) is 0 Å². The summed E-state index contributed by atoms with van der Waals surface area (Å²) in [5.74, 6) is -0.997. The van der Waals surface area contributed by atoms with Crippen LogP contribution in [0.1, 0.15) is 201 Å². The van der Waals surface area contributed by atoms with Crippen LogP contribution in [0.5, 0.6) is 0 Å². The second-order valence-corrected chi connectivity index (χ2v) is 16.1. The van der Waals surface area contributed by atoms with Gasteiger partial charge >= 0.3 is 17.9 Å². The van der Waals surface area contributed by atoms with Crippen molar-refractivity contribution in [2.24, 2.45) is 0 Å². The zero-order valence-electron chi connectivity index (χ0n) is 40.3. The Labute approximate surface area is 386 Å². The third-order valence-corrected chi connectivity index (χ3v) is 10.1. The smallest absolute Gasteiger partial charge is 0.306 e.